The SMILES string of the molecule is CCCNc1cc(NCCCCC(F)(F)F)nc(SC)n1. The molecule has 0 spiro atoms. The summed E-state index contributed by atoms with van der Waals surface area (Å²) in [5.41, 5.74) is 0. The second-order valence-corrected chi connectivity index (χ2v) is 5.32. The average molecular weight is 322 g/mol. The summed E-state index contributed by atoms with van der Waals surface area (Å²) in [5.74, 6) is 1.37. The minimum atomic E-state index is -4.07. The Labute approximate surface area is 127 Å². The third-order valence-electron chi connectivity index (χ3n) is 2.64. The number of alkyl halides is 3. The van der Waals surface area contributed by atoms with Crippen LogP contribution in [0.5, 0.6) is 0 Å². The van der Waals surface area contributed by atoms with Crippen molar-refractivity contribution in [1.82, 2.24) is 9.97 Å². The monoisotopic (exact) mass is 322 g/mol. The number of halogens is 3. The Balaban J connectivity index is 2.46. The van der Waals surface area contributed by atoms with Gasteiger partial charge in [-0.25, -0.2) is 9.97 Å². The van der Waals surface area contributed by atoms with Crippen LogP contribution in [-0.4, -0.2) is 35.5 Å². The predicted molar refractivity (Wildman–Crippen MR) is 81.0 cm³/mol. The number of hydrogen-bond donors (Lipinski definition) is 2. The fourth-order valence-electron chi connectivity index (χ4n) is 1.62. The normalized spacial score (nSPS) is 11.5. The largest absolute Gasteiger partial charge is 0.389 e. The number of hydrogen-bond acceptors (Lipinski definition) is 5. The second kappa shape index (κ2) is 8.96. The van der Waals surface area contributed by atoms with E-state index in [1.54, 1.807) is 6.07 Å². The van der Waals surface area contributed by atoms with Crippen LogP contribution in [0, 0.1) is 0 Å². The predicted octanol–water partition coefficient (Wildman–Crippen LogP) is 4.16. The molecule has 0 unspecified atom stereocenters. The van der Waals surface area contributed by atoms with E-state index in [1.807, 2.05) is 6.26 Å². The van der Waals surface area contributed by atoms with E-state index < -0.39 is 12.6 Å². The van der Waals surface area contributed by atoms with Crippen LogP contribution in [0.3, 0.4) is 0 Å². The molecule has 1 aromatic heterocycles. The molecule has 0 aromatic carbocycles. The fraction of sp³-hybridized carbons (Fsp3) is 0.692. The van der Waals surface area contributed by atoms with Crippen LogP contribution in [-0.2, 0) is 0 Å². The van der Waals surface area contributed by atoms with Gasteiger partial charge in [-0.05, 0) is 25.5 Å². The molecule has 4 nitrogen and oxygen atoms in total. The summed E-state index contributed by atoms with van der Waals surface area (Å²) >= 11 is 1.43. The van der Waals surface area contributed by atoms with Gasteiger partial charge in [0.1, 0.15) is 11.6 Å². The minimum Gasteiger partial charge on any atom is -0.370 e. The molecule has 0 radical (unpaired) electrons. The molecule has 8 heteroatoms. The Hall–Kier alpha value is -1.18. The molecule has 0 fully saturated rings. The lowest BCUT2D eigenvalue weighted by molar-refractivity contribution is -0.135. The van der Waals surface area contributed by atoms with E-state index in [1.165, 1.54) is 11.8 Å². The zero-order valence-corrected chi connectivity index (χ0v) is 13.1. The molecule has 0 saturated heterocycles. The van der Waals surface area contributed by atoms with Crippen molar-refractivity contribution in [3.8, 4) is 0 Å². The number of rotatable bonds is 9. The maximum Gasteiger partial charge on any atom is 0.389 e. The van der Waals surface area contributed by atoms with Crippen molar-refractivity contribution in [2.75, 3.05) is 30.0 Å². The number of unbranched alkanes of at least 4 members (excludes halogenated alkanes) is 1. The quantitative estimate of drug-likeness (QED) is 0.406. The molecule has 21 heavy (non-hydrogen) atoms. The molecular formula is C13H21F3N4S. The first-order valence-corrected chi connectivity index (χ1v) is 8.14. The third-order valence-corrected chi connectivity index (χ3v) is 3.19. The van der Waals surface area contributed by atoms with Gasteiger partial charge < -0.3 is 10.6 Å². The van der Waals surface area contributed by atoms with E-state index in [0.717, 1.165) is 18.8 Å². The molecule has 0 aliphatic rings. The lowest BCUT2D eigenvalue weighted by Gasteiger charge is -2.10. The molecule has 0 amide bonds. The van der Waals surface area contributed by atoms with Crippen LogP contribution >= 0.6 is 11.8 Å². The Morgan fingerprint density at radius 2 is 1.71 bits per heavy atom. The lowest BCUT2D eigenvalue weighted by Crippen LogP contribution is -2.10. The maximum atomic E-state index is 12.0. The van der Waals surface area contributed by atoms with Gasteiger partial charge in [-0.2, -0.15) is 13.2 Å². The molecule has 1 heterocycles. The Bertz CT molecular complexity index is 426. The molecule has 0 saturated carbocycles. The number of thioether (sulfide) groups is 1. The second-order valence-electron chi connectivity index (χ2n) is 4.55. The van der Waals surface area contributed by atoms with Crippen molar-refractivity contribution in [3.63, 3.8) is 0 Å². The highest BCUT2D eigenvalue weighted by Gasteiger charge is 2.25. The van der Waals surface area contributed by atoms with Gasteiger partial charge in [-0.15, -0.1) is 0 Å². The van der Waals surface area contributed by atoms with Crippen LogP contribution in [0.25, 0.3) is 0 Å². The molecule has 0 aliphatic heterocycles. The van der Waals surface area contributed by atoms with E-state index in [-0.39, 0.29) is 6.42 Å². The topological polar surface area (TPSA) is 49.8 Å². The third kappa shape index (κ3) is 7.99. The van der Waals surface area contributed by atoms with Crippen molar-refractivity contribution in [3.05, 3.63) is 6.07 Å². The summed E-state index contributed by atoms with van der Waals surface area (Å²) in [5, 5.41) is 6.86. The van der Waals surface area contributed by atoms with Gasteiger partial charge in [0.2, 0.25) is 0 Å². The van der Waals surface area contributed by atoms with Crippen molar-refractivity contribution in [2.45, 2.75) is 43.9 Å². The van der Waals surface area contributed by atoms with Crippen molar-refractivity contribution >= 4 is 23.4 Å². The summed E-state index contributed by atoms with van der Waals surface area (Å²) < 4.78 is 36.1. The van der Waals surface area contributed by atoms with Gasteiger partial charge in [0.15, 0.2) is 5.16 Å². The van der Waals surface area contributed by atoms with E-state index in [0.29, 0.717) is 23.9 Å². The molecule has 0 aliphatic carbocycles. The van der Waals surface area contributed by atoms with Gasteiger partial charge in [0, 0.05) is 25.6 Å². The van der Waals surface area contributed by atoms with Crippen molar-refractivity contribution in [2.24, 2.45) is 0 Å². The zero-order valence-electron chi connectivity index (χ0n) is 12.3. The summed E-state index contributed by atoms with van der Waals surface area (Å²) in [6.07, 6.45) is -1.37. The molecule has 120 valence electrons. The first-order valence-electron chi connectivity index (χ1n) is 6.92. The molecule has 2 N–H and O–H groups in total. The first-order chi connectivity index (χ1) is 9.94. The highest BCUT2D eigenvalue weighted by Crippen LogP contribution is 2.22. The summed E-state index contributed by atoms with van der Waals surface area (Å²) in [6, 6.07) is 1.78. The van der Waals surface area contributed by atoms with Crippen molar-refractivity contribution in [1.29, 1.82) is 0 Å². The highest BCUT2D eigenvalue weighted by molar-refractivity contribution is 7.98. The van der Waals surface area contributed by atoms with E-state index in [9.17, 15) is 13.2 Å². The fourth-order valence-corrected chi connectivity index (χ4v) is 2.00. The average Bonchev–Trinajstić information content (AvgIpc) is 2.43. The van der Waals surface area contributed by atoms with Gasteiger partial charge in [-0.3, -0.25) is 0 Å². The lowest BCUT2D eigenvalue weighted by atomic mass is 10.2. The number of nitrogens with one attached hydrogen (secondary N) is 2. The maximum absolute atomic E-state index is 12.0. The van der Waals surface area contributed by atoms with E-state index in [4.69, 9.17) is 0 Å². The van der Waals surface area contributed by atoms with Gasteiger partial charge in [0.25, 0.3) is 0 Å². The number of aromatic nitrogens is 2. The molecule has 1 rings (SSSR count). The van der Waals surface area contributed by atoms with Gasteiger partial charge >= 0.3 is 6.18 Å². The molecule has 0 bridgehead atoms. The van der Waals surface area contributed by atoms with E-state index >= 15 is 0 Å². The minimum absolute atomic E-state index is 0.123. The summed E-state index contributed by atoms with van der Waals surface area (Å²) in [7, 11) is 0. The molecule has 1 aromatic rings. The number of anilines is 2. The van der Waals surface area contributed by atoms with Crippen LogP contribution in [0.4, 0.5) is 24.8 Å². The van der Waals surface area contributed by atoms with Crippen LogP contribution in [0.15, 0.2) is 11.2 Å². The van der Waals surface area contributed by atoms with Crippen molar-refractivity contribution < 1.29 is 13.2 Å². The van der Waals surface area contributed by atoms with Crippen LogP contribution in [0.2, 0.25) is 0 Å². The summed E-state index contributed by atoms with van der Waals surface area (Å²) in [6.45, 7) is 3.34. The Morgan fingerprint density at radius 3 is 2.24 bits per heavy atom. The van der Waals surface area contributed by atoms with Crippen LogP contribution in [0.1, 0.15) is 32.6 Å². The smallest absolute Gasteiger partial charge is 0.370 e. The first kappa shape index (κ1) is 17.9. The molecule has 0 atom stereocenters. The summed E-state index contributed by atoms with van der Waals surface area (Å²) in [4.78, 5) is 8.60. The Morgan fingerprint density at radius 1 is 1.10 bits per heavy atom. The highest BCUT2D eigenvalue weighted by atomic mass is 32.2. The van der Waals surface area contributed by atoms with Gasteiger partial charge in [-0.1, -0.05) is 18.7 Å². The molecular weight excluding hydrogens is 301 g/mol. The van der Waals surface area contributed by atoms with Crippen LogP contribution < -0.4 is 10.6 Å². The zero-order chi connectivity index (χ0) is 15.7. The van der Waals surface area contributed by atoms with Gasteiger partial charge in [0.05, 0.1) is 0 Å². The standard InChI is InChI=1S/C13H21F3N4S/c1-3-7-17-10-9-11(20-12(19-10)21-2)18-8-5-4-6-13(14,15)16/h9H,3-8H2,1-2H3,(H2,17,18,19,20). The van der Waals surface area contributed by atoms with E-state index in [2.05, 4.69) is 27.5 Å². The number of nitrogens with zero attached hydrogens (tertiary/aromatic N) is 2. The Kier molecular flexibility index (Phi) is 7.63.